The van der Waals surface area contributed by atoms with Crippen LogP contribution in [0.1, 0.15) is 87.0 Å². The zero-order valence-corrected chi connectivity index (χ0v) is 26.5. The highest BCUT2D eigenvalue weighted by atomic mass is 16.6. The molecule has 1 heterocycles. The molecule has 0 spiro atoms. The molecule has 0 saturated heterocycles. The van der Waals surface area contributed by atoms with Gasteiger partial charge in [0.1, 0.15) is 11.4 Å². The van der Waals surface area contributed by atoms with E-state index in [2.05, 4.69) is 36.5 Å². The molecule has 3 aromatic rings. The summed E-state index contributed by atoms with van der Waals surface area (Å²) >= 11 is 0. The van der Waals surface area contributed by atoms with Gasteiger partial charge in [0.25, 0.3) is 0 Å². The number of hydrogen-bond donors (Lipinski definition) is 2. The van der Waals surface area contributed by atoms with Crippen LogP contribution in [0.4, 0.5) is 4.79 Å². The van der Waals surface area contributed by atoms with Gasteiger partial charge in [-0.2, -0.15) is 4.68 Å². The minimum absolute atomic E-state index is 0.177. The average Bonchev–Trinajstić information content (AvgIpc) is 3.23. The van der Waals surface area contributed by atoms with Gasteiger partial charge in [-0.05, 0) is 57.4 Å². The van der Waals surface area contributed by atoms with Gasteiger partial charge in [-0.3, -0.25) is 4.57 Å². The Kier molecular flexibility index (Phi) is 18.8. The number of nitrogens with one attached hydrogen (secondary N) is 2. The van der Waals surface area contributed by atoms with Crippen molar-refractivity contribution < 1.29 is 9.53 Å². The molecule has 2 aromatic carbocycles. The molecule has 2 N–H and O–H groups in total. The first-order chi connectivity index (χ1) is 19.1. The Morgan fingerprint density at radius 1 is 0.900 bits per heavy atom. The monoisotopic (exact) mass is 555 g/mol. The SMILES string of the molecule is CC.CC.CC(C)(C)OC(=O)NCCCNCc1nn(-c2ccccc2)c(=O)n1Cc1ccccc1.CC(C)C. The third kappa shape index (κ3) is 15.3. The van der Waals surface area contributed by atoms with Gasteiger partial charge in [-0.25, -0.2) is 9.59 Å². The van der Waals surface area contributed by atoms with E-state index < -0.39 is 11.7 Å². The number of ether oxygens (including phenoxy) is 1. The third-order valence-electron chi connectivity index (χ3n) is 4.61. The molecule has 8 heteroatoms. The van der Waals surface area contributed by atoms with Gasteiger partial charge < -0.3 is 15.4 Å². The second-order valence-electron chi connectivity index (χ2n) is 10.2. The van der Waals surface area contributed by atoms with Crippen molar-refractivity contribution in [1.82, 2.24) is 25.0 Å². The van der Waals surface area contributed by atoms with E-state index >= 15 is 0 Å². The van der Waals surface area contributed by atoms with Crippen molar-refractivity contribution in [2.75, 3.05) is 13.1 Å². The summed E-state index contributed by atoms with van der Waals surface area (Å²) in [6, 6.07) is 19.2. The second-order valence-corrected chi connectivity index (χ2v) is 10.2. The first-order valence-corrected chi connectivity index (χ1v) is 14.5. The second kappa shape index (κ2) is 20.5. The van der Waals surface area contributed by atoms with Gasteiger partial charge in [-0.1, -0.05) is 97.0 Å². The van der Waals surface area contributed by atoms with Crippen LogP contribution in [0, 0.1) is 5.92 Å². The first kappa shape index (κ1) is 36.6. The molecule has 0 aliphatic carbocycles. The Morgan fingerprint density at radius 3 is 1.95 bits per heavy atom. The van der Waals surface area contributed by atoms with E-state index in [-0.39, 0.29) is 5.69 Å². The molecule has 0 aliphatic heterocycles. The number of alkyl carbamates (subject to hydrolysis) is 1. The van der Waals surface area contributed by atoms with E-state index in [4.69, 9.17) is 4.74 Å². The predicted molar refractivity (Wildman–Crippen MR) is 167 cm³/mol. The lowest BCUT2D eigenvalue weighted by Crippen LogP contribution is -2.34. The molecule has 8 nitrogen and oxygen atoms in total. The van der Waals surface area contributed by atoms with Gasteiger partial charge in [-0.15, -0.1) is 5.10 Å². The quantitative estimate of drug-likeness (QED) is 0.283. The van der Waals surface area contributed by atoms with Crippen LogP contribution in [0.15, 0.2) is 65.5 Å². The van der Waals surface area contributed by atoms with E-state index in [1.807, 2.05) is 109 Å². The van der Waals surface area contributed by atoms with Gasteiger partial charge in [0, 0.05) is 6.54 Å². The number of hydrogen-bond acceptors (Lipinski definition) is 5. The Balaban J connectivity index is 0.00000171. The van der Waals surface area contributed by atoms with E-state index in [0.29, 0.717) is 32.0 Å². The lowest BCUT2D eigenvalue weighted by Gasteiger charge is -2.19. The largest absolute Gasteiger partial charge is 0.444 e. The number of amides is 1. The minimum atomic E-state index is -0.512. The molecule has 0 bridgehead atoms. The maximum absolute atomic E-state index is 13.1. The lowest BCUT2D eigenvalue weighted by atomic mass is 10.2. The number of benzene rings is 2. The fraction of sp³-hybridized carbons (Fsp3) is 0.531. The normalized spacial score (nSPS) is 10.3. The number of aromatic nitrogens is 3. The van der Waals surface area contributed by atoms with Crippen molar-refractivity contribution in [3.63, 3.8) is 0 Å². The van der Waals surface area contributed by atoms with Crippen LogP contribution in [-0.2, 0) is 17.8 Å². The standard InChI is InChI=1S/C24H31N5O3.C4H10.2C2H6/c1-24(2,3)32-22(30)26-16-10-15-25-17-21-27-29(20-13-8-5-9-14-20)23(31)28(21)18-19-11-6-4-7-12-19;1-4(2)3;2*1-2/h4-9,11-14,25H,10,15-18H2,1-3H3,(H,26,30);4H,1-3H3;2*1-2H3. The van der Waals surface area contributed by atoms with Gasteiger partial charge in [0.2, 0.25) is 0 Å². The molecule has 0 aliphatic rings. The van der Waals surface area contributed by atoms with Crippen molar-refractivity contribution in [1.29, 1.82) is 0 Å². The molecule has 0 fully saturated rings. The summed E-state index contributed by atoms with van der Waals surface area (Å²) in [4.78, 5) is 24.8. The summed E-state index contributed by atoms with van der Waals surface area (Å²) < 4.78 is 8.35. The van der Waals surface area contributed by atoms with Crippen LogP contribution in [0.3, 0.4) is 0 Å². The number of nitrogens with zero attached hydrogens (tertiary/aromatic N) is 3. The van der Waals surface area contributed by atoms with Crippen molar-refractivity contribution in [3.8, 4) is 5.69 Å². The van der Waals surface area contributed by atoms with Crippen LogP contribution in [0.25, 0.3) is 5.69 Å². The van der Waals surface area contributed by atoms with Crippen molar-refractivity contribution in [2.24, 2.45) is 5.92 Å². The van der Waals surface area contributed by atoms with Gasteiger partial charge in [0.05, 0.1) is 18.8 Å². The summed E-state index contributed by atoms with van der Waals surface area (Å²) in [5.41, 5.74) is 1.07. The van der Waals surface area contributed by atoms with E-state index in [1.54, 1.807) is 4.57 Å². The van der Waals surface area contributed by atoms with E-state index in [1.165, 1.54) is 4.68 Å². The van der Waals surface area contributed by atoms with E-state index in [0.717, 1.165) is 23.6 Å². The van der Waals surface area contributed by atoms with Crippen LogP contribution in [-0.4, -0.2) is 39.1 Å². The Labute approximate surface area is 242 Å². The highest BCUT2D eigenvalue weighted by Gasteiger charge is 2.16. The molecule has 1 amide bonds. The van der Waals surface area contributed by atoms with Crippen LogP contribution in [0.5, 0.6) is 0 Å². The molecule has 0 saturated carbocycles. The summed E-state index contributed by atoms with van der Waals surface area (Å²) in [5, 5.41) is 10.6. The maximum atomic E-state index is 13.1. The molecule has 40 heavy (non-hydrogen) atoms. The Hall–Kier alpha value is -3.39. The molecule has 0 atom stereocenters. The number of carbonyl (C=O) groups is 1. The summed E-state index contributed by atoms with van der Waals surface area (Å²) in [6.07, 6.45) is 0.303. The molecule has 3 rings (SSSR count). The summed E-state index contributed by atoms with van der Waals surface area (Å²) in [7, 11) is 0. The highest BCUT2D eigenvalue weighted by Crippen LogP contribution is 2.08. The summed E-state index contributed by atoms with van der Waals surface area (Å²) in [5.74, 6) is 1.49. The smallest absolute Gasteiger partial charge is 0.407 e. The molecular weight excluding hydrogens is 502 g/mol. The summed E-state index contributed by atoms with van der Waals surface area (Å²) in [6.45, 7) is 22.0. The number of para-hydroxylation sites is 1. The maximum Gasteiger partial charge on any atom is 0.407 e. The Morgan fingerprint density at radius 2 is 1.43 bits per heavy atom. The van der Waals surface area contributed by atoms with Crippen LogP contribution in [0.2, 0.25) is 0 Å². The molecule has 224 valence electrons. The fourth-order valence-electron chi connectivity index (χ4n) is 3.15. The first-order valence-electron chi connectivity index (χ1n) is 14.5. The molecule has 0 radical (unpaired) electrons. The predicted octanol–water partition coefficient (Wildman–Crippen LogP) is 6.80. The van der Waals surface area contributed by atoms with Crippen molar-refractivity contribution >= 4 is 6.09 Å². The zero-order chi connectivity index (χ0) is 30.6. The van der Waals surface area contributed by atoms with Gasteiger partial charge >= 0.3 is 11.8 Å². The van der Waals surface area contributed by atoms with Crippen molar-refractivity contribution in [3.05, 3.63) is 82.5 Å². The topological polar surface area (TPSA) is 90.2 Å². The Bertz CT molecular complexity index is 1100. The third-order valence-corrected chi connectivity index (χ3v) is 4.61. The highest BCUT2D eigenvalue weighted by molar-refractivity contribution is 5.67. The lowest BCUT2D eigenvalue weighted by molar-refractivity contribution is 0.0527. The van der Waals surface area contributed by atoms with Crippen LogP contribution >= 0.6 is 0 Å². The zero-order valence-electron chi connectivity index (χ0n) is 26.5. The van der Waals surface area contributed by atoms with Crippen molar-refractivity contribution in [2.45, 2.75) is 94.3 Å². The molecule has 1 aromatic heterocycles. The number of carbonyl (C=O) groups excluding carboxylic acids is 1. The molecule has 0 unspecified atom stereocenters. The minimum Gasteiger partial charge on any atom is -0.444 e. The van der Waals surface area contributed by atoms with Crippen LogP contribution < -0.4 is 16.3 Å². The molecular formula is C32H53N5O3. The number of rotatable bonds is 9. The van der Waals surface area contributed by atoms with E-state index in [9.17, 15) is 9.59 Å². The van der Waals surface area contributed by atoms with Gasteiger partial charge in [0.15, 0.2) is 0 Å². The average molecular weight is 556 g/mol. The fourth-order valence-corrected chi connectivity index (χ4v) is 3.15.